The molecule has 138 valence electrons. The van der Waals surface area contributed by atoms with Crippen molar-refractivity contribution in [3.8, 4) is 11.5 Å². The third kappa shape index (κ3) is 4.35. The van der Waals surface area contributed by atoms with Crippen LogP contribution >= 0.6 is 0 Å². The molecule has 1 N–H and O–H groups in total. The Balaban J connectivity index is 1.56. The lowest BCUT2D eigenvalue weighted by atomic mass is 10.0. The van der Waals surface area contributed by atoms with E-state index in [1.165, 1.54) is 5.56 Å². The van der Waals surface area contributed by atoms with Crippen LogP contribution in [0.4, 0.5) is 0 Å². The number of nitrogens with zero attached hydrogens (tertiary/aromatic N) is 1. The first-order valence-corrected chi connectivity index (χ1v) is 8.98. The van der Waals surface area contributed by atoms with E-state index >= 15 is 0 Å². The zero-order valence-corrected chi connectivity index (χ0v) is 15.4. The number of nitrogens with one attached hydrogen (secondary N) is 1. The monoisotopic (exact) mass is 354 g/mol. The first kappa shape index (κ1) is 18.3. The van der Waals surface area contributed by atoms with Gasteiger partial charge in [-0.3, -0.25) is 9.69 Å². The fraction of sp³-hybridized carbons (Fsp3) is 0.381. The summed E-state index contributed by atoms with van der Waals surface area (Å²) in [4.78, 5) is 14.7. The van der Waals surface area contributed by atoms with Crippen LogP contribution in [0.5, 0.6) is 11.5 Å². The van der Waals surface area contributed by atoms with Crippen LogP contribution in [0.15, 0.2) is 48.5 Å². The molecular formula is C21H26N2O3. The van der Waals surface area contributed by atoms with E-state index in [4.69, 9.17) is 9.47 Å². The zero-order chi connectivity index (χ0) is 18.4. The number of likely N-dealkylation sites (tertiary alicyclic amines) is 1. The summed E-state index contributed by atoms with van der Waals surface area (Å²) in [6.45, 7) is 1.86. The molecule has 0 saturated carbocycles. The van der Waals surface area contributed by atoms with Gasteiger partial charge in [0.05, 0.1) is 20.8 Å². The Hall–Kier alpha value is -2.53. The summed E-state index contributed by atoms with van der Waals surface area (Å²) in [7, 11) is 3.22. The predicted molar refractivity (Wildman–Crippen MR) is 101 cm³/mol. The molecule has 1 amide bonds. The molecule has 0 aromatic heterocycles. The van der Waals surface area contributed by atoms with Crippen molar-refractivity contribution < 1.29 is 14.3 Å². The van der Waals surface area contributed by atoms with Crippen LogP contribution in [0.2, 0.25) is 0 Å². The summed E-state index contributed by atoms with van der Waals surface area (Å²) >= 11 is 0. The Morgan fingerprint density at radius 3 is 2.62 bits per heavy atom. The highest BCUT2D eigenvalue weighted by Gasteiger charge is 2.27. The molecule has 1 aliphatic heterocycles. The molecule has 5 nitrogen and oxygen atoms in total. The normalized spacial score (nSPS) is 17.1. The third-order valence-corrected chi connectivity index (χ3v) is 4.83. The zero-order valence-electron chi connectivity index (χ0n) is 15.4. The number of amides is 1. The highest BCUT2D eigenvalue weighted by atomic mass is 16.5. The topological polar surface area (TPSA) is 50.8 Å². The molecule has 2 aromatic rings. The molecule has 26 heavy (non-hydrogen) atoms. The second-order valence-corrected chi connectivity index (χ2v) is 6.51. The summed E-state index contributed by atoms with van der Waals surface area (Å²) in [6.07, 6.45) is 2.23. The standard InChI is InChI=1S/C21H26N2O3/c1-25-19-11-10-16(13-20(19)26-2)14-22-21(24)15-23-12-6-9-18(23)17-7-4-3-5-8-17/h3-5,7-8,10-11,13,18H,6,9,12,14-15H2,1-2H3,(H,22,24)/t18-/m1/s1. The van der Waals surface area contributed by atoms with Gasteiger partial charge in [0.2, 0.25) is 5.91 Å². The maximum atomic E-state index is 12.4. The van der Waals surface area contributed by atoms with Gasteiger partial charge >= 0.3 is 0 Å². The Bertz CT molecular complexity index is 733. The highest BCUT2D eigenvalue weighted by Crippen LogP contribution is 2.31. The maximum Gasteiger partial charge on any atom is 0.234 e. The third-order valence-electron chi connectivity index (χ3n) is 4.83. The molecule has 1 fully saturated rings. The van der Waals surface area contributed by atoms with E-state index < -0.39 is 0 Å². The number of ether oxygens (including phenoxy) is 2. The predicted octanol–water partition coefficient (Wildman–Crippen LogP) is 3.16. The number of hydrogen-bond donors (Lipinski definition) is 1. The second-order valence-electron chi connectivity index (χ2n) is 6.51. The van der Waals surface area contributed by atoms with Gasteiger partial charge in [0.15, 0.2) is 11.5 Å². The van der Waals surface area contributed by atoms with Gasteiger partial charge in [-0.05, 0) is 42.6 Å². The largest absolute Gasteiger partial charge is 0.493 e. The van der Waals surface area contributed by atoms with E-state index in [0.29, 0.717) is 30.6 Å². The van der Waals surface area contributed by atoms with Crippen molar-refractivity contribution in [2.24, 2.45) is 0 Å². The molecule has 2 aromatic carbocycles. The van der Waals surface area contributed by atoms with Crippen LogP contribution in [0, 0.1) is 0 Å². The van der Waals surface area contributed by atoms with E-state index in [0.717, 1.165) is 24.9 Å². The van der Waals surface area contributed by atoms with Crippen LogP contribution in [-0.2, 0) is 11.3 Å². The summed E-state index contributed by atoms with van der Waals surface area (Å²) < 4.78 is 10.5. The Labute approximate surface area is 154 Å². The molecule has 0 spiro atoms. The Kier molecular flexibility index (Phi) is 6.12. The van der Waals surface area contributed by atoms with E-state index in [9.17, 15) is 4.79 Å². The van der Waals surface area contributed by atoms with Gasteiger partial charge in [-0.25, -0.2) is 0 Å². The first-order valence-electron chi connectivity index (χ1n) is 8.98. The van der Waals surface area contributed by atoms with Crippen molar-refractivity contribution in [1.82, 2.24) is 10.2 Å². The molecule has 0 aliphatic carbocycles. The molecule has 1 aliphatic rings. The summed E-state index contributed by atoms with van der Waals surface area (Å²) in [5.41, 5.74) is 2.27. The maximum absolute atomic E-state index is 12.4. The van der Waals surface area contributed by atoms with Gasteiger partial charge in [-0.1, -0.05) is 36.4 Å². The number of methoxy groups -OCH3 is 2. The minimum absolute atomic E-state index is 0.0441. The molecule has 1 atom stereocenters. The van der Waals surface area contributed by atoms with Crippen molar-refractivity contribution in [2.75, 3.05) is 27.3 Å². The number of hydrogen-bond acceptors (Lipinski definition) is 4. The Morgan fingerprint density at radius 2 is 1.88 bits per heavy atom. The van der Waals surface area contributed by atoms with Crippen molar-refractivity contribution >= 4 is 5.91 Å². The lowest BCUT2D eigenvalue weighted by Crippen LogP contribution is -2.36. The summed E-state index contributed by atoms with van der Waals surface area (Å²) in [6, 6.07) is 16.4. The minimum Gasteiger partial charge on any atom is -0.493 e. The average molecular weight is 354 g/mol. The van der Waals surface area contributed by atoms with Gasteiger partial charge in [0.1, 0.15) is 0 Å². The van der Waals surface area contributed by atoms with Gasteiger partial charge in [0.25, 0.3) is 0 Å². The molecule has 1 saturated heterocycles. The van der Waals surface area contributed by atoms with E-state index in [1.54, 1.807) is 14.2 Å². The number of carbonyl (C=O) groups is 1. The molecule has 3 rings (SSSR count). The van der Waals surface area contributed by atoms with Crippen molar-refractivity contribution in [3.05, 3.63) is 59.7 Å². The molecule has 0 radical (unpaired) electrons. The fourth-order valence-electron chi connectivity index (χ4n) is 3.50. The first-order chi connectivity index (χ1) is 12.7. The molecule has 1 heterocycles. The van der Waals surface area contributed by atoms with E-state index in [-0.39, 0.29) is 5.91 Å². The second kappa shape index (κ2) is 8.72. The Morgan fingerprint density at radius 1 is 1.12 bits per heavy atom. The van der Waals surface area contributed by atoms with Crippen LogP contribution in [0.25, 0.3) is 0 Å². The quantitative estimate of drug-likeness (QED) is 0.830. The molecular weight excluding hydrogens is 328 g/mol. The van der Waals surface area contributed by atoms with E-state index in [2.05, 4.69) is 34.5 Å². The van der Waals surface area contributed by atoms with Crippen molar-refractivity contribution in [1.29, 1.82) is 0 Å². The smallest absolute Gasteiger partial charge is 0.234 e. The average Bonchev–Trinajstić information content (AvgIpc) is 3.14. The number of carbonyl (C=O) groups excluding carboxylic acids is 1. The number of benzene rings is 2. The fourth-order valence-corrected chi connectivity index (χ4v) is 3.50. The van der Waals surface area contributed by atoms with Crippen LogP contribution in [0.1, 0.15) is 30.0 Å². The van der Waals surface area contributed by atoms with Crippen LogP contribution in [-0.4, -0.2) is 38.1 Å². The molecule has 0 unspecified atom stereocenters. The van der Waals surface area contributed by atoms with Gasteiger partial charge in [-0.2, -0.15) is 0 Å². The highest BCUT2D eigenvalue weighted by molar-refractivity contribution is 5.78. The van der Waals surface area contributed by atoms with Crippen molar-refractivity contribution in [3.63, 3.8) is 0 Å². The van der Waals surface area contributed by atoms with Crippen LogP contribution < -0.4 is 14.8 Å². The lowest BCUT2D eigenvalue weighted by Gasteiger charge is -2.24. The van der Waals surface area contributed by atoms with Gasteiger partial charge in [0, 0.05) is 12.6 Å². The van der Waals surface area contributed by atoms with Crippen molar-refractivity contribution in [2.45, 2.75) is 25.4 Å². The summed E-state index contributed by atoms with van der Waals surface area (Å²) in [5.74, 6) is 1.40. The van der Waals surface area contributed by atoms with E-state index in [1.807, 2.05) is 24.3 Å². The molecule has 5 heteroatoms. The van der Waals surface area contributed by atoms with Gasteiger partial charge in [-0.15, -0.1) is 0 Å². The van der Waals surface area contributed by atoms with Crippen LogP contribution in [0.3, 0.4) is 0 Å². The number of rotatable bonds is 7. The SMILES string of the molecule is COc1ccc(CNC(=O)CN2CCC[C@@H]2c2ccccc2)cc1OC. The summed E-state index contributed by atoms with van der Waals surface area (Å²) in [5, 5.41) is 3.01. The molecule has 0 bridgehead atoms. The lowest BCUT2D eigenvalue weighted by molar-refractivity contribution is -0.122. The van der Waals surface area contributed by atoms with Gasteiger partial charge < -0.3 is 14.8 Å². The minimum atomic E-state index is 0.0441.